The van der Waals surface area contributed by atoms with Crippen molar-refractivity contribution in [3.63, 3.8) is 0 Å². The van der Waals surface area contributed by atoms with Crippen LogP contribution in [0.5, 0.6) is 5.75 Å². The van der Waals surface area contributed by atoms with Gasteiger partial charge in [0.2, 0.25) is 17.8 Å². The lowest BCUT2D eigenvalue weighted by Gasteiger charge is -2.24. The summed E-state index contributed by atoms with van der Waals surface area (Å²) in [6.07, 6.45) is -4.84. The molecule has 0 unspecified atom stereocenters. The van der Waals surface area contributed by atoms with Gasteiger partial charge in [-0.1, -0.05) is 12.1 Å². The number of methoxy groups -OCH3 is 1. The first-order chi connectivity index (χ1) is 16.5. The van der Waals surface area contributed by atoms with E-state index in [0.29, 0.717) is 11.4 Å². The number of carbonyl (C=O) groups excluding carboxylic acids is 2. The molecule has 4 N–H and O–H groups in total. The van der Waals surface area contributed by atoms with Crippen molar-refractivity contribution in [2.75, 3.05) is 23.1 Å². The number of H-pyrrole nitrogens is 1. The molecule has 1 aliphatic heterocycles. The van der Waals surface area contributed by atoms with Crippen LogP contribution in [0.25, 0.3) is 0 Å². The summed E-state index contributed by atoms with van der Waals surface area (Å²) in [4.78, 5) is 44.8. The summed E-state index contributed by atoms with van der Waals surface area (Å²) in [5.41, 5.74) is -0.445. The molecule has 2 amide bonds. The third-order valence-electron chi connectivity index (χ3n) is 5.42. The highest BCUT2D eigenvalue weighted by Gasteiger charge is 2.35. The van der Waals surface area contributed by atoms with Gasteiger partial charge in [-0.15, -0.1) is 0 Å². The van der Waals surface area contributed by atoms with E-state index in [1.165, 1.54) is 19.2 Å². The van der Waals surface area contributed by atoms with Crippen molar-refractivity contribution in [3.05, 3.63) is 69.5 Å². The summed E-state index contributed by atoms with van der Waals surface area (Å²) in [6, 6.07) is 9.40. The van der Waals surface area contributed by atoms with Gasteiger partial charge in [-0.25, -0.2) is 0 Å². The average molecular weight is 487 g/mol. The minimum atomic E-state index is -4.55. The molecule has 182 valence electrons. The molecular formula is C23H20F3N5O4. The van der Waals surface area contributed by atoms with Crippen LogP contribution in [-0.4, -0.2) is 28.9 Å². The van der Waals surface area contributed by atoms with Crippen LogP contribution in [0.1, 0.15) is 29.0 Å². The van der Waals surface area contributed by atoms with E-state index in [1.54, 1.807) is 25.1 Å². The number of benzene rings is 2. The Balaban J connectivity index is 1.63. The maximum Gasteiger partial charge on any atom is 0.416 e. The molecule has 1 aliphatic rings. The molecular weight excluding hydrogens is 467 g/mol. The fourth-order valence-corrected chi connectivity index (χ4v) is 3.65. The molecule has 1 aromatic heterocycles. The molecule has 4 rings (SSSR count). The number of nitrogens with zero attached hydrogens (tertiary/aromatic N) is 1. The molecule has 12 heteroatoms. The van der Waals surface area contributed by atoms with Crippen molar-refractivity contribution >= 4 is 35.0 Å². The molecule has 35 heavy (non-hydrogen) atoms. The molecule has 2 aromatic carbocycles. The Labute approximate surface area is 196 Å². The van der Waals surface area contributed by atoms with E-state index in [0.717, 1.165) is 17.7 Å². The fraction of sp³-hybridized carbons (Fsp3) is 0.217. The third-order valence-corrected chi connectivity index (χ3v) is 5.42. The predicted octanol–water partition coefficient (Wildman–Crippen LogP) is 3.91. The number of aromatic amines is 1. The SMILES string of the molecule is COc1ccc(C)c(NC(=O)[C@@H]2CC(=O)Nc3nc(Nc4cccc(C(F)(F)F)c4)[nH]c(=O)c32)c1. The Morgan fingerprint density at radius 2 is 1.94 bits per heavy atom. The van der Waals surface area contributed by atoms with E-state index in [4.69, 9.17) is 4.74 Å². The Kier molecular flexibility index (Phi) is 6.20. The van der Waals surface area contributed by atoms with Gasteiger partial charge in [0.05, 0.1) is 24.2 Å². The van der Waals surface area contributed by atoms with Crippen molar-refractivity contribution in [2.45, 2.75) is 25.4 Å². The van der Waals surface area contributed by atoms with E-state index in [9.17, 15) is 27.6 Å². The van der Waals surface area contributed by atoms with Crippen molar-refractivity contribution in [3.8, 4) is 5.75 Å². The maximum atomic E-state index is 13.1. The number of rotatable bonds is 5. The largest absolute Gasteiger partial charge is 0.497 e. The first-order valence-electron chi connectivity index (χ1n) is 10.4. The van der Waals surface area contributed by atoms with E-state index in [2.05, 4.69) is 25.9 Å². The summed E-state index contributed by atoms with van der Waals surface area (Å²) < 4.78 is 44.1. The van der Waals surface area contributed by atoms with Crippen molar-refractivity contribution in [1.82, 2.24) is 9.97 Å². The van der Waals surface area contributed by atoms with Gasteiger partial charge in [-0.05, 0) is 36.8 Å². The molecule has 0 radical (unpaired) electrons. The molecule has 2 heterocycles. The van der Waals surface area contributed by atoms with Crippen LogP contribution < -0.4 is 26.2 Å². The van der Waals surface area contributed by atoms with Gasteiger partial charge >= 0.3 is 6.18 Å². The number of hydrogen-bond donors (Lipinski definition) is 4. The number of carbonyl (C=O) groups is 2. The molecule has 0 aliphatic carbocycles. The number of fused-ring (bicyclic) bond motifs is 1. The number of alkyl halides is 3. The number of halogens is 3. The summed E-state index contributed by atoms with van der Waals surface area (Å²) in [6.45, 7) is 1.77. The molecule has 0 saturated carbocycles. The molecule has 0 bridgehead atoms. The zero-order valence-electron chi connectivity index (χ0n) is 18.5. The standard InChI is InChI=1S/C23H20F3N5O4/c1-11-6-7-14(35-2)9-16(11)28-20(33)15-10-17(32)29-19-18(15)21(34)31-22(30-19)27-13-5-3-4-12(8-13)23(24,25)26/h3-9,15H,10H2,1-2H3,(H,28,33)(H3,27,29,30,31,32,34)/t15-/m1/s1. The number of anilines is 4. The molecule has 9 nitrogen and oxygen atoms in total. The normalized spacial score (nSPS) is 15.1. The lowest BCUT2D eigenvalue weighted by Crippen LogP contribution is -2.36. The Bertz CT molecular complexity index is 1370. The van der Waals surface area contributed by atoms with Crippen LogP contribution in [-0.2, 0) is 15.8 Å². The second-order valence-electron chi connectivity index (χ2n) is 7.86. The van der Waals surface area contributed by atoms with E-state index < -0.39 is 35.0 Å². The van der Waals surface area contributed by atoms with Crippen LogP contribution in [0.3, 0.4) is 0 Å². The van der Waals surface area contributed by atoms with E-state index in [1.807, 2.05) is 0 Å². The monoisotopic (exact) mass is 487 g/mol. The van der Waals surface area contributed by atoms with Gasteiger partial charge in [0.1, 0.15) is 11.6 Å². The first-order valence-corrected chi connectivity index (χ1v) is 10.4. The van der Waals surface area contributed by atoms with Gasteiger partial charge in [0.15, 0.2) is 0 Å². The molecule has 3 aromatic rings. The number of nitrogens with one attached hydrogen (secondary N) is 4. The summed E-state index contributed by atoms with van der Waals surface area (Å²) in [7, 11) is 1.48. The van der Waals surface area contributed by atoms with Gasteiger partial charge in [0.25, 0.3) is 5.56 Å². The Morgan fingerprint density at radius 3 is 2.66 bits per heavy atom. The Hall–Kier alpha value is -4.35. The van der Waals surface area contributed by atoms with E-state index in [-0.39, 0.29) is 29.4 Å². The highest BCUT2D eigenvalue weighted by Crippen LogP contribution is 2.33. The smallest absolute Gasteiger partial charge is 0.416 e. The first kappa shape index (κ1) is 23.8. The second kappa shape index (κ2) is 9.12. The minimum Gasteiger partial charge on any atom is -0.497 e. The number of ether oxygens (including phenoxy) is 1. The van der Waals surface area contributed by atoms with Gasteiger partial charge in [0, 0.05) is 23.9 Å². The number of aryl methyl sites for hydroxylation is 1. The van der Waals surface area contributed by atoms with Crippen molar-refractivity contribution in [2.24, 2.45) is 0 Å². The molecule has 0 spiro atoms. The summed E-state index contributed by atoms with van der Waals surface area (Å²) >= 11 is 0. The minimum absolute atomic E-state index is 0.0212. The lowest BCUT2D eigenvalue weighted by atomic mass is 9.92. The molecule has 0 saturated heterocycles. The van der Waals surface area contributed by atoms with Crippen molar-refractivity contribution < 1.29 is 27.5 Å². The number of hydrogen-bond acceptors (Lipinski definition) is 6. The second-order valence-corrected chi connectivity index (χ2v) is 7.86. The fourth-order valence-electron chi connectivity index (χ4n) is 3.65. The number of amides is 2. The maximum absolute atomic E-state index is 13.1. The lowest BCUT2D eigenvalue weighted by molar-refractivity contribution is -0.137. The van der Waals surface area contributed by atoms with Gasteiger partial charge in [-0.2, -0.15) is 18.2 Å². The van der Waals surface area contributed by atoms with Crippen molar-refractivity contribution in [1.29, 1.82) is 0 Å². The average Bonchev–Trinajstić information content (AvgIpc) is 2.79. The Morgan fingerprint density at radius 1 is 1.17 bits per heavy atom. The topological polar surface area (TPSA) is 125 Å². The predicted molar refractivity (Wildman–Crippen MR) is 122 cm³/mol. The van der Waals surface area contributed by atoms with Crippen LogP contribution >= 0.6 is 0 Å². The highest BCUT2D eigenvalue weighted by molar-refractivity contribution is 6.04. The van der Waals surface area contributed by atoms with Gasteiger partial charge < -0.3 is 20.7 Å². The quantitative estimate of drug-likeness (QED) is 0.433. The highest BCUT2D eigenvalue weighted by atomic mass is 19.4. The van der Waals surface area contributed by atoms with Gasteiger partial charge in [-0.3, -0.25) is 19.4 Å². The molecule has 0 fully saturated rings. The summed E-state index contributed by atoms with van der Waals surface area (Å²) in [5, 5.41) is 7.76. The third kappa shape index (κ3) is 5.10. The zero-order valence-corrected chi connectivity index (χ0v) is 18.5. The van der Waals surface area contributed by atoms with Crippen LogP contribution in [0, 0.1) is 6.92 Å². The number of aromatic nitrogens is 2. The molecule has 1 atom stereocenters. The van der Waals surface area contributed by atoms with E-state index >= 15 is 0 Å². The van der Waals surface area contributed by atoms with Crippen LogP contribution in [0.4, 0.5) is 36.3 Å². The van der Waals surface area contributed by atoms with Crippen LogP contribution in [0.2, 0.25) is 0 Å². The summed E-state index contributed by atoms with van der Waals surface area (Å²) in [5.74, 6) is -2.10. The van der Waals surface area contributed by atoms with Crippen LogP contribution in [0.15, 0.2) is 47.3 Å². The zero-order chi connectivity index (χ0) is 25.3.